The van der Waals surface area contributed by atoms with E-state index in [9.17, 15) is 70.7 Å². The smallest absolute Gasteiger partial charge is 0.438 e. The van der Waals surface area contributed by atoms with E-state index < -0.39 is 71.9 Å². The van der Waals surface area contributed by atoms with E-state index in [0.29, 0.717) is 6.92 Å². The van der Waals surface area contributed by atoms with Gasteiger partial charge in [0.25, 0.3) is 0 Å². The van der Waals surface area contributed by atoms with Gasteiger partial charge in [0.15, 0.2) is 0 Å². The van der Waals surface area contributed by atoms with Gasteiger partial charge in [-0.15, -0.1) is 0 Å². The Balaban J connectivity index is 6.91. The number of hydrogen-bond donors (Lipinski definition) is 2. The monoisotopic (exact) mass is 498 g/mol. The van der Waals surface area contributed by atoms with Crippen LogP contribution in [0.15, 0.2) is 11.6 Å². The van der Waals surface area contributed by atoms with Crippen molar-refractivity contribution >= 4 is 5.97 Å². The van der Waals surface area contributed by atoms with Crippen molar-refractivity contribution in [3.05, 3.63) is 11.6 Å². The van der Waals surface area contributed by atoms with E-state index in [1.807, 2.05) is 0 Å². The van der Waals surface area contributed by atoms with E-state index in [2.05, 4.69) is 0 Å². The summed E-state index contributed by atoms with van der Waals surface area (Å²) in [5.41, 5.74) is -10.5. The largest absolute Gasteiger partial charge is 0.478 e. The van der Waals surface area contributed by atoms with Crippen LogP contribution in [0.3, 0.4) is 0 Å². The number of alkyl halides is 15. The number of carboxylic acids is 1. The summed E-state index contributed by atoms with van der Waals surface area (Å²) >= 11 is 0. The van der Waals surface area contributed by atoms with Crippen molar-refractivity contribution < 1.29 is 80.9 Å². The average Bonchev–Trinajstić information content (AvgIpc) is 2.49. The number of halogens is 15. The fraction of sp³-hybridized carbons (Fsp3) is 0.769. The fourth-order valence-corrected chi connectivity index (χ4v) is 1.98. The number of rotatable bonds is 8. The molecule has 0 rings (SSSR count). The summed E-state index contributed by atoms with van der Waals surface area (Å²) in [6, 6.07) is 0. The predicted molar refractivity (Wildman–Crippen MR) is 67.8 cm³/mol. The first kappa shape index (κ1) is 29.1. The van der Waals surface area contributed by atoms with Gasteiger partial charge in [-0.1, -0.05) is 0 Å². The summed E-state index contributed by atoms with van der Waals surface area (Å²) < 4.78 is 195. The van der Waals surface area contributed by atoms with Crippen LogP contribution in [0.4, 0.5) is 65.9 Å². The molecule has 0 saturated carbocycles. The molecule has 0 fully saturated rings. The lowest BCUT2D eigenvalue weighted by Gasteiger charge is -2.42. The summed E-state index contributed by atoms with van der Waals surface area (Å²) in [4.78, 5) is 10.7. The van der Waals surface area contributed by atoms with Crippen LogP contribution >= 0.6 is 0 Å². The van der Waals surface area contributed by atoms with Crippen molar-refractivity contribution in [1.82, 2.24) is 0 Å². The number of aliphatic carboxylic acids is 1. The molecule has 184 valence electrons. The Morgan fingerprint density at radius 2 is 1.10 bits per heavy atom. The Bertz CT molecular complexity index is 688. The zero-order valence-electron chi connectivity index (χ0n) is 14.3. The van der Waals surface area contributed by atoms with Gasteiger partial charge in [-0.3, -0.25) is 0 Å². The van der Waals surface area contributed by atoms with Gasteiger partial charge in [0, 0.05) is 18.1 Å². The zero-order valence-corrected chi connectivity index (χ0v) is 14.3. The molecule has 1 unspecified atom stereocenters. The van der Waals surface area contributed by atoms with Gasteiger partial charge in [-0.25, -0.2) is 9.18 Å². The number of aliphatic hydroxyl groups excluding tert-OH is 1. The molecule has 31 heavy (non-hydrogen) atoms. The third kappa shape index (κ3) is 4.52. The second-order valence-electron chi connectivity index (χ2n) is 6.03. The molecule has 1 atom stereocenters. The molecule has 0 heterocycles. The van der Waals surface area contributed by atoms with Crippen LogP contribution in [0.1, 0.15) is 13.3 Å². The second kappa shape index (κ2) is 7.91. The highest BCUT2D eigenvalue weighted by Gasteiger charge is 2.95. The van der Waals surface area contributed by atoms with Crippen LogP contribution in [-0.4, -0.2) is 64.0 Å². The predicted octanol–water partition coefficient (Wildman–Crippen LogP) is 5.14. The van der Waals surface area contributed by atoms with Crippen molar-refractivity contribution in [1.29, 1.82) is 0 Å². The number of hydrogen-bond acceptors (Lipinski definition) is 2. The zero-order chi connectivity index (χ0) is 25.6. The first-order chi connectivity index (χ1) is 13.2. The van der Waals surface area contributed by atoms with Gasteiger partial charge in [-0.05, 0) is 6.92 Å². The Kier molecular flexibility index (Phi) is 7.43. The molecule has 0 aliphatic rings. The summed E-state index contributed by atoms with van der Waals surface area (Å²) in [6.45, 7) is 0.639. The summed E-state index contributed by atoms with van der Waals surface area (Å²) in [5.74, 6) is -34.4. The normalized spacial score (nSPS) is 17.0. The highest BCUT2D eigenvalue weighted by Crippen LogP contribution is 2.63. The third-order valence-corrected chi connectivity index (χ3v) is 3.57. The van der Waals surface area contributed by atoms with Crippen LogP contribution < -0.4 is 0 Å². The van der Waals surface area contributed by atoms with Crippen LogP contribution in [-0.2, 0) is 4.79 Å². The number of aliphatic hydroxyl groups is 1. The van der Waals surface area contributed by atoms with Crippen molar-refractivity contribution in [3.8, 4) is 0 Å². The fourth-order valence-electron chi connectivity index (χ4n) is 1.98. The molecule has 3 nitrogen and oxygen atoms in total. The molecule has 0 aromatic rings. The Morgan fingerprint density at radius 3 is 1.35 bits per heavy atom. The minimum atomic E-state index is -8.58. The standard InChI is InChI=1S/C13H9F15O3/c1-4(29)2-5(6(30)31)3-7(14,15)9(17,18)11(21,22)10(19,20)8(16,12(23,24)25)13(26,27)28/h3-4,29H,2H2,1H3,(H,30,31)/b5-3-. The summed E-state index contributed by atoms with van der Waals surface area (Å²) in [7, 11) is 0. The molecule has 0 radical (unpaired) electrons. The second-order valence-corrected chi connectivity index (χ2v) is 6.03. The Labute approximate surface area is 161 Å². The van der Waals surface area contributed by atoms with E-state index in [0.717, 1.165) is 0 Å². The maximum atomic E-state index is 13.6. The topological polar surface area (TPSA) is 57.5 Å². The van der Waals surface area contributed by atoms with E-state index in [1.54, 1.807) is 0 Å². The third-order valence-electron chi connectivity index (χ3n) is 3.57. The average molecular weight is 498 g/mol. The van der Waals surface area contributed by atoms with Crippen LogP contribution in [0.2, 0.25) is 0 Å². The van der Waals surface area contributed by atoms with E-state index in [-0.39, 0.29) is 0 Å². The Hall–Kier alpha value is -1.88. The molecule has 0 bridgehead atoms. The molecule has 0 aromatic heterocycles. The molecule has 0 aliphatic carbocycles. The number of carboxylic acid groups (broad SMARTS) is 1. The van der Waals surface area contributed by atoms with E-state index in [4.69, 9.17) is 10.2 Å². The molecule has 0 amide bonds. The Morgan fingerprint density at radius 1 is 0.742 bits per heavy atom. The lowest BCUT2D eigenvalue weighted by molar-refractivity contribution is -0.454. The van der Waals surface area contributed by atoms with Crippen molar-refractivity contribution in [3.63, 3.8) is 0 Å². The molecule has 0 saturated heterocycles. The summed E-state index contributed by atoms with van der Waals surface area (Å²) in [6.07, 6.45) is -21.3. The van der Waals surface area contributed by atoms with Crippen molar-refractivity contribution in [2.75, 3.05) is 0 Å². The first-order valence-corrected chi connectivity index (χ1v) is 7.19. The van der Waals surface area contributed by atoms with Crippen molar-refractivity contribution in [2.45, 2.75) is 61.2 Å². The highest BCUT2D eigenvalue weighted by molar-refractivity contribution is 5.86. The lowest BCUT2D eigenvalue weighted by atomic mass is 9.85. The molecule has 2 N–H and O–H groups in total. The van der Waals surface area contributed by atoms with Crippen LogP contribution in [0.25, 0.3) is 0 Å². The van der Waals surface area contributed by atoms with Crippen molar-refractivity contribution in [2.24, 2.45) is 0 Å². The minimum absolute atomic E-state index is 0.639. The molecule has 18 heteroatoms. The lowest BCUT2D eigenvalue weighted by Crippen LogP contribution is -2.75. The molecule has 0 spiro atoms. The van der Waals surface area contributed by atoms with E-state index in [1.165, 1.54) is 0 Å². The first-order valence-electron chi connectivity index (χ1n) is 7.19. The quantitative estimate of drug-likeness (QED) is 0.360. The minimum Gasteiger partial charge on any atom is -0.478 e. The SMILES string of the molecule is CC(O)C/C(=C/C(F)(F)C(F)(F)C(F)(F)C(F)(F)C(F)(C(F)(F)F)C(F)(F)F)C(=O)O. The van der Waals surface area contributed by atoms with Gasteiger partial charge < -0.3 is 10.2 Å². The number of carbonyl (C=O) groups is 1. The highest BCUT2D eigenvalue weighted by atomic mass is 19.4. The molecule has 0 aromatic carbocycles. The van der Waals surface area contributed by atoms with Crippen LogP contribution in [0, 0.1) is 0 Å². The summed E-state index contributed by atoms with van der Waals surface area (Å²) in [5, 5.41) is 17.3. The number of allylic oxidation sites excluding steroid dienone is 1. The van der Waals surface area contributed by atoms with Crippen LogP contribution in [0.5, 0.6) is 0 Å². The van der Waals surface area contributed by atoms with Gasteiger partial charge in [-0.2, -0.15) is 61.5 Å². The maximum absolute atomic E-state index is 13.6. The van der Waals surface area contributed by atoms with Gasteiger partial charge in [0.1, 0.15) is 0 Å². The van der Waals surface area contributed by atoms with E-state index >= 15 is 0 Å². The molecular formula is C13H9F15O3. The maximum Gasteiger partial charge on any atom is 0.438 e. The van der Waals surface area contributed by atoms with Gasteiger partial charge >= 0.3 is 47.7 Å². The van der Waals surface area contributed by atoms with Gasteiger partial charge in [0.05, 0.1) is 6.10 Å². The molecular weight excluding hydrogens is 489 g/mol. The van der Waals surface area contributed by atoms with Gasteiger partial charge in [0.2, 0.25) is 0 Å². The molecule has 0 aliphatic heterocycles.